The van der Waals surface area contributed by atoms with Crippen LogP contribution in [0.5, 0.6) is 0 Å². The van der Waals surface area contributed by atoms with Gasteiger partial charge in [-0.2, -0.15) is 0 Å². The fraction of sp³-hybridized carbons (Fsp3) is 0.214. The zero-order valence-electron chi connectivity index (χ0n) is 10.1. The zero-order valence-corrected chi connectivity index (χ0v) is 11.6. The second-order valence-corrected chi connectivity index (χ2v) is 5.02. The van der Waals surface area contributed by atoms with Gasteiger partial charge in [0.15, 0.2) is 0 Å². The summed E-state index contributed by atoms with van der Waals surface area (Å²) in [6.45, 7) is 0.243. The molecule has 0 radical (unpaired) electrons. The molecule has 0 spiro atoms. The second-order valence-electron chi connectivity index (χ2n) is 4.20. The Bertz CT molecular complexity index is 528. The average Bonchev–Trinajstić information content (AvgIpc) is 2.43. The van der Waals surface area contributed by atoms with Crippen LogP contribution in [0.2, 0.25) is 10.0 Å². The van der Waals surface area contributed by atoms with Crippen molar-refractivity contribution in [3.63, 3.8) is 0 Å². The lowest BCUT2D eigenvalue weighted by molar-refractivity contribution is 0.147. The summed E-state index contributed by atoms with van der Waals surface area (Å²) in [5, 5.41) is 11.5. The quantitative estimate of drug-likeness (QED) is 0.911. The van der Waals surface area contributed by atoms with E-state index < -0.39 is 6.10 Å². The molecule has 2 rings (SSSR count). The Balaban J connectivity index is 2.40. The van der Waals surface area contributed by atoms with Crippen molar-refractivity contribution in [1.29, 1.82) is 0 Å². The fourth-order valence-electron chi connectivity index (χ4n) is 2.06. The molecule has 0 aliphatic heterocycles. The Labute approximate surface area is 122 Å². The van der Waals surface area contributed by atoms with Gasteiger partial charge >= 0.3 is 0 Å². The summed E-state index contributed by atoms with van der Waals surface area (Å²) in [5.41, 5.74) is 7.20. The van der Waals surface area contributed by atoms with E-state index in [1.807, 2.05) is 0 Å². The Morgan fingerprint density at radius 2 is 1.68 bits per heavy atom. The summed E-state index contributed by atoms with van der Waals surface area (Å²) in [4.78, 5) is 3.93. The van der Waals surface area contributed by atoms with E-state index in [9.17, 15) is 5.11 Å². The van der Waals surface area contributed by atoms with E-state index in [2.05, 4.69) is 4.98 Å². The van der Waals surface area contributed by atoms with Crippen molar-refractivity contribution in [1.82, 2.24) is 4.98 Å². The van der Waals surface area contributed by atoms with E-state index in [0.717, 1.165) is 5.56 Å². The van der Waals surface area contributed by atoms with Crippen LogP contribution in [-0.2, 0) is 0 Å². The normalized spacial score (nSPS) is 14.1. The third kappa shape index (κ3) is 3.07. The van der Waals surface area contributed by atoms with Gasteiger partial charge in [0.2, 0.25) is 0 Å². The molecule has 5 heteroatoms. The van der Waals surface area contributed by atoms with Crippen molar-refractivity contribution in [2.75, 3.05) is 6.54 Å². The number of nitrogens with two attached hydrogens (primary N) is 1. The standard InChI is InChI=1S/C14H14Cl2N2O/c15-11-2-1-3-12(16)13(11)10(8-17)14(19)9-4-6-18-7-5-9/h1-7,10,14,19H,8,17H2. The van der Waals surface area contributed by atoms with Crippen molar-refractivity contribution in [3.8, 4) is 0 Å². The monoisotopic (exact) mass is 296 g/mol. The lowest BCUT2D eigenvalue weighted by Crippen LogP contribution is -2.21. The Hall–Kier alpha value is -1.13. The molecule has 3 N–H and O–H groups in total. The van der Waals surface area contributed by atoms with Gasteiger partial charge in [0.25, 0.3) is 0 Å². The third-order valence-electron chi connectivity index (χ3n) is 3.05. The summed E-state index contributed by atoms with van der Waals surface area (Å²) in [5.74, 6) is -0.358. The van der Waals surface area contributed by atoms with Crippen LogP contribution in [0, 0.1) is 0 Å². The summed E-state index contributed by atoms with van der Waals surface area (Å²) >= 11 is 12.3. The van der Waals surface area contributed by atoms with Crippen LogP contribution in [-0.4, -0.2) is 16.6 Å². The summed E-state index contributed by atoms with van der Waals surface area (Å²) < 4.78 is 0. The molecular weight excluding hydrogens is 283 g/mol. The third-order valence-corrected chi connectivity index (χ3v) is 3.71. The van der Waals surface area contributed by atoms with Gasteiger partial charge in [0, 0.05) is 34.9 Å². The van der Waals surface area contributed by atoms with Gasteiger partial charge in [0.1, 0.15) is 0 Å². The van der Waals surface area contributed by atoms with Crippen LogP contribution in [0.15, 0.2) is 42.7 Å². The van der Waals surface area contributed by atoms with Crippen LogP contribution in [0.25, 0.3) is 0 Å². The largest absolute Gasteiger partial charge is 0.388 e. The topological polar surface area (TPSA) is 59.1 Å². The van der Waals surface area contributed by atoms with Gasteiger partial charge in [0.05, 0.1) is 6.10 Å². The molecule has 100 valence electrons. The number of rotatable bonds is 4. The number of aliphatic hydroxyl groups is 1. The van der Waals surface area contributed by atoms with Crippen LogP contribution < -0.4 is 5.73 Å². The van der Waals surface area contributed by atoms with E-state index in [-0.39, 0.29) is 12.5 Å². The number of halogens is 2. The number of hydrogen-bond donors (Lipinski definition) is 2. The molecule has 2 atom stereocenters. The lowest BCUT2D eigenvalue weighted by Gasteiger charge is -2.24. The molecule has 19 heavy (non-hydrogen) atoms. The van der Waals surface area contributed by atoms with Crippen LogP contribution in [0.1, 0.15) is 23.1 Å². The average molecular weight is 297 g/mol. The van der Waals surface area contributed by atoms with Gasteiger partial charge in [-0.15, -0.1) is 0 Å². The highest BCUT2D eigenvalue weighted by molar-refractivity contribution is 6.36. The predicted octanol–water partition coefficient (Wildman–Crippen LogP) is 3.16. The molecule has 0 fully saturated rings. The van der Waals surface area contributed by atoms with E-state index in [0.29, 0.717) is 15.6 Å². The summed E-state index contributed by atoms with van der Waals surface area (Å²) in [7, 11) is 0. The maximum Gasteiger partial charge on any atom is 0.0872 e. The van der Waals surface area contributed by atoms with Gasteiger partial charge in [-0.25, -0.2) is 0 Å². The first kappa shape index (κ1) is 14.3. The first-order valence-electron chi connectivity index (χ1n) is 5.87. The van der Waals surface area contributed by atoms with Crippen molar-refractivity contribution < 1.29 is 5.11 Å². The Morgan fingerprint density at radius 1 is 1.11 bits per heavy atom. The number of pyridine rings is 1. The maximum absolute atomic E-state index is 10.5. The van der Waals surface area contributed by atoms with Gasteiger partial charge < -0.3 is 10.8 Å². The van der Waals surface area contributed by atoms with Gasteiger partial charge in [-0.3, -0.25) is 4.98 Å². The van der Waals surface area contributed by atoms with Gasteiger partial charge in [-0.1, -0.05) is 29.3 Å². The molecule has 2 unspecified atom stereocenters. The number of benzene rings is 1. The van der Waals surface area contributed by atoms with Crippen molar-refractivity contribution in [2.45, 2.75) is 12.0 Å². The molecule has 0 saturated heterocycles. The van der Waals surface area contributed by atoms with E-state index >= 15 is 0 Å². The lowest BCUT2D eigenvalue weighted by atomic mass is 9.89. The smallest absolute Gasteiger partial charge is 0.0872 e. The molecule has 1 aromatic carbocycles. The minimum atomic E-state index is -0.773. The molecule has 0 bridgehead atoms. The van der Waals surface area contributed by atoms with Crippen LogP contribution in [0.3, 0.4) is 0 Å². The SMILES string of the molecule is NCC(c1c(Cl)cccc1Cl)C(O)c1ccncc1. The highest BCUT2D eigenvalue weighted by Crippen LogP contribution is 2.38. The zero-order chi connectivity index (χ0) is 13.8. The molecular formula is C14H14Cl2N2O. The van der Waals surface area contributed by atoms with E-state index in [4.69, 9.17) is 28.9 Å². The number of aromatic nitrogens is 1. The molecule has 3 nitrogen and oxygen atoms in total. The van der Waals surface area contributed by atoms with Crippen LogP contribution >= 0.6 is 23.2 Å². The molecule has 0 amide bonds. The summed E-state index contributed by atoms with van der Waals surface area (Å²) in [6, 6.07) is 8.74. The number of aliphatic hydroxyl groups excluding tert-OH is 1. The molecule has 1 heterocycles. The molecule has 0 aliphatic carbocycles. The number of hydrogen-bond acceptors (Lipinski definition) is 3. The van der Waals surface area contributed by atoms with Crippen molar-refractivity contribution in [3.05, 3.63) is 63.9 Å². The minimum absolute atomic E-state index is 0.243. The van der Waals surface area contributed by atoms with E-state index in [1.54, 1.807) is 42.7 Å². The Morgan fingerprint density at radius 3 is 2.21 bits per heavy atom. The first-order chi connectivity index (χ1) is 9.15. The van der Waals surface area contributed by atoms with Crippen molar-refractivity contribution in [2.24, 2.45) is 5.73 Å². The second kappa shape index (κ2) is 6.35. The van der Waals surface area contributed by atoms with Gasteiger partial charge in [-0.05, 0) is 35.4 Å². The number of nitrogens with zero attached hydrogens (tertiary/aromatic N) is 1. The molecule has 0 saturated carbocycles. The van der Waals surface area contributed by atoms with Crippen molar-refractivity contribution >= 4 is 23.2 Å². The van der Waals surface area contributed by atoms with E-state index in [1.165, 1.54) is 0 Å². The highest BCUT2D eigenvalue weighted by atomic mass is 35.5. The summed E-state index contributed by atoms with van der Waals surface area (Å²) in [6.07, 6.45) is 2.48. The first-order valence-corrected chi connectivity index (χ1v) is 6.62. The van der Waals surface area contributed by atoms with Crippen LogP contribution in [0.4, 0.5) is 0 Å². The fourth-order valence-corrected chi connectivity index (χ4v) is 2.74. The minimum Gasteiger partial charge on any atom is -0.388 e. The molecule has 1 aromatic heterocycles. The maximum atomic E-state index is 10.5. The predicted molar refractivity (Wildman–Crippen MR) is 77.5 cm³/mol. The molecule has 0 aliphatic rings. The molecule has 2 aromatic rings. The Kier molecular flexibility index (Phi) is 4.77. The highest BCUT2D eigenvalue weighted by Gasteiger charge is 2.25.